The molecule has 0 bridgehead atoms. The minimum atomic E-state index is -0.453. The molecule has 1 N–H and O–H groups in total. The summed E-state index contributed by atoms with van der Waals surface area (Å²) in [5.74, 6) is 0.0500. The van der Waals surface area contributed by atoms with Crippen LogP contribution in [0.15, 0.2) is 18.2 Å². The van der Waals surface area contributed by atoms with Crippen LogP contribution in [0, 0.1) is 5.82 Å². The lowest BCUT2D eigenvalue weighted by Crippen LogP contribution is -2.40. The largest absolute Gasteiger partial charge is 0.492 e. The molecule has 0 atom stereocenters. The highest BCUT2D eigenvalue weighted by atomic mass is 35.5. The smallest absolute Gasteiger partial charge is 0.145 e. The molecule has 2 nitrogen and oxygen atoms in total. The van der Waals surface area contributed by atoms with Crippen molar-refractivity contribution >= 4 is 11.6 Å². The van der Waals surface area contributed by atoms with Crippen molar-refractivity contribution in [2.45, 2.75) is 32.7 Å². The second kappa shape index (κ2) is 6.22. The van der Waals surface area contributed by atoms with Gasteiger partial charge >= 0.3 is 0 Å². The Morgan fingerprint density at radius 2 is 2.12 bits per heavy atom. The minimum absolute atomic E-state index is 0.106. The summed E-state index contributed by atoms with van der Waals surface area (Å²) < 4.78 is 18.5. The van der Waals surface area contributed by atoms with E-state index >= 15 is 0 Å². The lowest BCUT2D eigenvalue weighted by Gasteiger charge is -2.24. The predicted molar refractivity (Wildman–Crippen MR) is 69.3 cm³/mol. The molecule has 0 heterocycles. The van der Waals surface area contributed by atoms with E-state index in [-0.39, 0.29) is 10.6 Å². The molecule has 4 heteroatoms. The second-order valence-corrected chi connectivity index (χ2v) is 5.00. The Morgan fingerprint density at radius 1 is 1.41 bits per heavy atom. The van der Waals surface area contributed by atoms with Crippen molar-refractivity contribution in [3.05, 3.63) is 29.0 Å². The van der Waals surface area contributed by atoms with E-state index in [0.717, 1.165) is 13.0 Å². The standard InChI is InChI=1S/C13H19ClFNO/c1-4-13(2,3)16-7-8-17-10-5-6-11(14)12(15)9-10/h5-6,9,16H,4,7-8H2,1-3H3. The maximum Gasteiger partial charge on any atom is 0.145 e. The van der Waals surface area contributed by atoms with Gasteiger partial charge in [-0.05, 0) is 32.4 Å². The van der Waals surface area contributed by atoms with Crippen molar-refractivity contribution in [2.75, 3.05) is 13.2 Å². The number of halogens is 2. The SMILES string of the molecule is CCC(C)(C)NCCOc1ccc(Cl)c(F)c1. The van der Waals surface area contributed by atoms with E-state index in [4.69, 9.17) is 16.3 Å². The third-order valence-electron chi connectivity index (χ3n) is 2.75. The van der Waals surface area contributed by atoms with Crippen LogP contribution in [0.1, 0.15) is 27.2 Å². The zero-order chi connectivity index (χ0) is 12.9. The van der Waals surface area contributed by atoms with Gasteiger partial charge in [0.2, 0.25) is 0 Å². The number of ether oxygens (including phenoxy) is 1. The molecule has 0 fully saturated rings. The minimum Gasteiger partial charge on any atom is -0.492 e. The van der Waals surface area contributed by atoms with Gasteiger partial charge in [0.05, 0.1) is 5.02 Å². The Balaban J connectivity index is 2.34. The van der Waals surface area contributed by atoms with Gasteiger partial charge in [0.15, 0.2) is 0 Å². The molecular formula is C13H19ClFNO. The van der Waals surface area contributed by atoms with Crippen LogP contribution < -0.4 is 10.1 Å². The van der Waals surface area contributed by atoms with Crippen molar-refractivity contribution in [2.24, 2.45) is 0 Å². The molecule has 0 spiro atoms. The van der Waals surface area contributed by atoms with Gasteiger partial charge in [0, 0.05) is 18.2 Å². The Labute approximate surface area is 107 Å². The maximum atomic E-state index is 13.1. The van der Waals surface area contributed by atoms with Crippen LogP contribution in [0.25, 0.3) is 0 Å². The second-order valence-electron chi connectivity index (χ2n) is 4.59. The van der Waals surface area contributed by atoms with E-state index in [2.05, 4.69) is 26.1 Å². The lowest BCUT2D eigenvalue weighted by molar-refractivity contribution is 0.280. The summed E-state index contributed by atoms with van der Waals surface area (Å²) in [6.07, 6.45) is 1.04. The first kappa shape index (κ1) is 14.3. The van der Waals surface area contributed by atoms with Crippen molar-refractivity contribution in [1.82, 2.24) is 5.32 Å². The molecule has 1 rings (SSSR count). The molecule has 0 aliphatic carbocycles. The normalized spacial score (nSPS) is 11.6. The van der Waals surface area contributed by atoms with Crippen LogP contribution in [-0.4, -0.2) is 18.7 Å². The molecule has 0 aromatic heterocycles. The van der Waals surface area contributed by atoms with Gasteiger partial charge < -0.3 is 10.1 Å². The van der Waals surface area contributed by atoms with Crippen LogP contribution in [0.2, 0.25) is 5.02 Å². The van der Waals surface area contributed by atoms with Gasteiger partial charge in [-0.15, -0.1) is 0 Å². The first-order valence-electron chi connectivity index (χ1n) is 5.77. The van der Waals surface area contributed by atoms with Crippen molar-refractivity contribution < 1.29 is 9.13 Å². The topological polar surface area (TPSA) is 21.3 Å². The summed E-state index contributed by atoms with van der Waals surface area (Å²) in [7, 11) is 0. The van der Waals surface area contributed by atoms with E-state index in [1.54, 1.807) is 6.07 Å². The third kappa shape index (κ3) is 4.92. The molecule has 0 aliphatic rings. The van der Waals surface area contributed by atoms with Crippen LogP contribution >= 0.6 is 11.6 Å². The molecule has 0 unspecified atom stereocenters. The fourth-order valence-corrected chi connectivity index (χ4v) is 1.37. The number of hydrogen-bond acceptors (Lipinski definition) is 2. The number of nitrogens with one attached hydrogen (secondary N) is 1. The number of rotatable bonds is 6. The highest BCUT2D eigenvalue weighted by molar-refractivity contribution is 6.30. The van der Waals surface area contributed by atoms with E-state index in [1.807, 2.05) is 0 Å². The molecular weight excluding hydrogens is 241 g/mol. The quantitative estimate of drug-likeness (QED) is 0.788. The summed E-state index contributed by atoms with van der Waals surface area (Å²) in [5.41, 5.74) is 0.106. The summed E-state index contributed by atoms with van der Waals surface area (Å²) in [5, 5.41) is 3.47. The first-order valence-corrected chi connectivity index (χ1v) is 6.15. The van der Waals surface area contributed by atoms with Crippen LogP contribution in [0.5, 0.6) is 5.75 Å². The zero-order valence-electron chi connectivity index (χ0n) is 10.5. The average molecular weight is 260 g/mol. The highest BCUT2D eigenvalue weighted by Crippen LogP contribution is 2.20. The summed E-state index contributed by atoms with van der Waals surface area (Å²) in [6.45, 7) is 7.63. The Kier molecular flexibility index (Phi) is 5.22. The van der Waals surface area contributed by atoms with Gasteiger partial charge in [-0.1, -0.05) is 18.5 Å². The average Bonchev–Trinajstić information content (AvgIpc) is 2.29. The van der Waals surface area contributed by atoms with E-state index in [1.165, 1.54) is 12.1 Å². The van der Waals surface area contributed by atoms with Crippen LogP contribution in [0.4, 0.5) is 4.39 Å². The molecule has 0 aliphatic heterocycles. The Hall–Kier alpha value is -0.800. The molecule has 0 saturated carbocycles. The molecule has 0 amide bonds. The molecule has 1 aromatic rings. The summed E-state index contributed by atoms with van der Waals surface area (Å²) >= 11 is 5.58. The van der Waals surface area contributed by atoms with Crippen molar-refractivity contribution in [1.29, 1.82) is 0 Å². The molecule has 96 valence electrons. The molecule has 17 heavy (non-hydrogen) atoms. The number of benzene rings is 1. The highest BCUT2D eigenvalue weighted by Gasteiger charge is 2.12. The van der Waals surface area contributed by atoms with E-state index in [0.29, 0.717) is 12.4 Å². The van der Waals surface area contributed by atoms with Crippen LogP contribution in [-0.2, 0) is 0 Å². The van der Waals surface area contributed by atoms with Crippen molar-refractivity contribution in [3.8, 4) is 5.75 Å². The molecule has 0 radical (unpaired) electrons. The van der Waals surface area contributed by atoms with Gasteiger partial charge in [-0.25, -0.2) is 4.39 Å². The van der Waals surface area contributed by atoms with Gasteiger partial charge in [0.1, 0.15) is 18.2 Å². The summed E-state index contributed by atoms with van der Waals surface area (Å²) in [6, 6.07) is 4.46. The zero-order valence-corrected chi connectivity index (χ0v) is 11.3. The van der Waals surface area contributed by atoms with Crippen molar-refractivity contribution in [3.63, 3.8) is 0 Å². The fourth-order valence-electron chi connectivity index (χ4n) is 1.25. The predicted octanol–water partition coefficient (Wildman–Crippen LogP) is 3.64. The monoisotopic (exact) mass is 259 g/mol. The lowest BCUT2D eigenvalue weighted by atomic mass is 10.0. The third-order valence-corrected chi connectivity index (χ3v) is 3.06. The van der Waals surface area contributed by atoms with E-state index in [9.17, 15) is 4.39 Å². The fraction of sp³-hybridized carbons (Fsp3) is 0.538. The summed E-state index contributed by atoms with van der Waals surface area (Å²) in [4.78, 5) is 0. The molecule has 0 saturated heterocycles. The van der Waals surface area contributed by atoms with Gasteiger partial charge in [0.25, 0.3) is 0 Å². The van der Waals surface area contributed by atoms with Crippen LogP contribution in [0.3, 0.4) is 0 Å². The van der Waals surface area contributed by atoms with E-state index < -0.39 is 5.82 Å². The van der Waals surface area contributed by atoms with Gasteiger partial charge in [-0.2, -0.15) is 0 Å². The van der Waals surface area contributed by atoms with Gasteiger partial charge in [-0.3, -0.25) is 0 Å². The Morgan fingerprint density at radius 3 is 2.71 bits per heavy atom. The molecule has 1 aromatic carbocycles. The number of hydrogen-bond donors (Lipinski definition) is 1. The maximum absolute atomic E-state index is 13.1. The Bertz CT molecular complexity index is 368. The first-order chi connectivity index (χ1) is 7.94.